The fourth-order valence-corrected chi connectivity index (χ4v) is 4.17. The number of fused-ring (bicyclic) bond motifs is 1. The Balaban J connectivity index is 1.48. The Morgan fingerprint density at radius 3 is 2.88 bits per heavy atom. The first-order chi connectivity index (χ1) is 16.6. The van der Waals surface area contributed by atoms with Crippen LogP contribution in [-0.4, -0.2) is 57.7 Å². The summed E-state index contributed by atoms with van der Waals surface area (Å²) in [6.45, 7) is 4.25. The summed E-state index contributed by atoms with van der Waals surface area (Å²) in [7, 11) is 2.04. The van der Waals surface area contributed by atoms with E-state index in [1.165, 1.54) is 0 Å². The molecule has 0 aliphatic carbocycles. The molecule has 9 heteroatoms. The Labute approximate surface area is 197 Å². The van der Waals surface area contributed by atoms with Gasteiger partial charge in [-0.25, -0.2) is 9.97 Å². The first-order valence-corrected chi connectivity index (χ1v) is 11.4. The van der Waals surface area contributed by atoms with E-state index in [1.807, 2.05) is 56.4 Å². The van der Waals surface area contributed by atoms with Gasteiger partial charge in [0, 0.05) is 29.4 Å². The molecule has 5 rings (SSSR count). The number of nitrogens with zero attached hydrogens (tertiary/aromatic N) is 4. The minimum absolute atomic E-state index is 0.0101. The lowest BCUT2D eigenvalue weighted by atomic mass is 10.1. The molecule has 1 saturated heterocycles. The van der Waals surface area contributed by atoms with E-state index >= 15 is 0 Å². The van der Waals surface area contributed by atoms with Crippen molar-refractivity contribution in [3.8, 4) is 17.1 Å². The van der Waals surface area contributed by atoms with Crippen molar-refractivity contribution >= 4 is 34.0 Å². The molecular formula is C25H27N7O2. The fourth-order valence-electron chi connectivity index (χ4n) is 4.17. The lowest BCUT2D eigenvalue weighted by molar-refractivity contribution is -0.119. The fraction of sp³-hybridized carbons (Fsp3) is 0.280. The lowest BCUT2D eigenvalue weighted by Gasteiger charge is -2.13. The summed E-state index contributed by atoms with van der Waals surface area (Å²) in [5.74, 6) is 2.01. The summed E-state index contributed by atoms with van der Waals surface area (Å²) in [5, 5.41) is 14.0. The van der Waals surface area contributed by atoms with E-state index in [1.54, 1.807) is 12.4 Å². The Kier molecular flexibility index (Phi) is 6.09. The highest BCUT2D eigenvalue weighted by Gasteiger charge is 2.26. The molecule has 2 aromatic carbocycles. The van der Waals surface area contributed by atoms with E-state index in [0.29, 0.717) is 18.2 Å². The number of benzene rings is 2. The molecule has 3 heterocycles. The van der Waals surface area contributed by atoms with Gasteiger partial charge in [-0.05, 0) is 57.3 Å². The van der Waals surface area contributed by atoms with Crippen molar-refractivity contribution in [2.24, 2.45) is 5.92 Å². The normalized spacial score (nSPS) is 16.0. The minimum atomic E-state index is 0.0101. The molecule has 1 aliphatic rings. The molecule has 174 valence electrons. The van der Waals surface area contributed by atoms with Crippen molar-refractivity contribution in [1.82, 2.24) is 25.1 Å². The third kappa shape index (κ3) is 4.69. The van der Waals surface area contributed by atoms with Gasteiger partial charge in [0.05, 0.1) is 29.9 Å². The third-order valence-electron chi connectivity index (χ3n) is 5.89. The van der Waals surface area contributed by atoms with Crippen LogP contribution in [0.3, 0.4) is 0 Å². The van der Waals surface area contributed by atoms with E-state index in [9.17, 15) is 4.79 Å². The smallest absolute Gasteiger partial charge is 0.228 e. The molecule has 3 N–H and O–H groups in total. The zero-order valence-electron chi connectivity index (χ0n) is 19.2. The molecule has 0 radical (unpaired) electrons. The maximum absolute atomic E-state index is 12.7. The van der Waals surface area contributed by atoms with Gasteiger partial charge in [-0.3, -0.25) is 9.89 Å². The number of amides is 1. The van der Waals surface area contributed by atoms with Gasteiger partial charge >= 0.3 is 0 Å². The molecule has 34 heavy (non-hydrogen) atoms. The molecule has 1 fully saturated rings. The van der Waals surface area contributed by atoms with Crippen LogP contribution in [0.5, 0.6) is 5.75 Å². The zero-order valence-corrected chi connectivity index (χ0v) is 19.2. The average molecular weight is 458 g/mol. The topological polar surface area (TPSA) is 108 Å². The van der Waals surface area contributed by atoms with Crippen LogP contribution in [0, 0.1) is 5.92 Å². The number of likely N-dealkylation sites (tertiary alicyclic amines) is 1. The largest absolute Gasteiger partial charge is 0.494 e. The van der Waals surface area contributed by atoms with Crippen LogP contribution in [0.1, 0.15) is 13.3 Å². The second-order valence-electron chi connectivity index (χ2n) is 8.44. The summed E-state index contributed by atoms with van der Waals surface area (Å²) in [6.07, 6.45) is 4.33. The molecular weight excluding hydrogens is 430 g/mol. The van der Waals surface area contributed by atoms with E-state index in [2.05, 4.69) is 25.7 Å². The number of anilines is 3. The van der Waals surface area contributed by atoms with E-state index < -0.39 is 0 Å². The van der Waals surface area contributed by atoms with Gasteiger partial charge in [-0.15, -0.1) is 0 Å². The maximum atomic E-state index is 12.7. The average Bonchev–Trinajstić information content (AvgIpc) is 3.51. The molecule has 9 nitrogen and oxygen atoms in total. The molecule has 2 aromatic heterocycles. The first kappa shape index (κ1) is 21.8. The van der Waals surface area contributed by atoms with Crippen LogP contribution in [0.15, 0.2) is 54.9 Å². The van der Waals surface area contributed by atoms with Crippen molar-refractivity contribution in [3.05, 3.63) is 54.9 Å². The van der Waals surface area contributed by atoms with Gasteiger partial charge in [0.15, 0.2) is 5.82 Å². The van der Waals surface area contributed by atoms with Crippen molar-refractivity contribution in [3.63, 3.8) is 0 Å². The van der Waals surface area contributed by atoms with Crippen LogP contribution < -0.4 is 15.4 Å². The Morgan fingerprint density at radius 1 is 1.21 bits per heavy atom. The highest BCUT2D eigenvalue weighted by molar-refractivity contribution is 5.95. The molecule has 0 saturated carbocycles. The Bertz CT molecular complexity index is 1310. The maximum Gasteiger partial charge on any atom is 0.228 e. The van der Waals surface area contributed by atoms with Gasteiger partial charge < -0.3 is 20.3 Å². The molecule has 0 spiro atoms. The Morgan fingerprint density at radius 2 is 2.12 bits per heavy atom. The molecule has 1 atom stereocenters. The summed E-state index contributed by atoms with van der Waals surface area (Å²) < 4.78 is 5.68. The van der Waals surface area contributed by atoms with Crippen molar-refractivity contribution < 1.29 is 9.53 Å². The molecule has 1 amide bonds. The summed E-state index contributed by atoms with van der Waals surface area (Å²) in [5.41, 5.74) is 3.11. The van der Waals surface area contributed by atoms with Gasteiger partial charge in [0.25, 0.3) is 0 Å². The highest BCUT2D eigenvalue weighted by Crippen LogP contribution is 2.31. The number of ether oxygens (including phenoxy) is 1. The van der Waals surface area contributed by atoms with Gasteiger partial charge in [-0.2, -0.15) is 5.10 Å². The van der Waals surface area contributed by atoms with Gasteiger partial charge in [0.2, 0.25) is 5.91 Å². The van der Waals surface area contributed by atoms with Gasteiger partial charge in [-0.1, -0.05) is 12.1 Å². The second kappa shape index (κ2) is 9.48. The number of nitrogens with one attached hydrogen (secondary N) is 3. The predicted molar refractivity (Wildman–Crippen MR) is 132 cm³/mol. The summed E-state index contributed by atoms with van der Waals surface area (Å²) in [6, 6.07) is 13.4. The number of rotatable bonds is 7. The molecule has 4 aromatic rings. The minimum Gasteiger partial charge on any atom is -0.494 e. The molecule has 1 unspecified atom stereocenters. The van der Waals surface area contributed by atoms with Crippen LogP contribution in [0.2, 0.25) is 0 Å². The van der Waals surface area contributed by atoms with E-state index in [0.717, 1.165) is 53.1 Å². The van der Waals surface area contributed by atoms with Crippen LogP contribution in [-0.2, 0) is 4.79 Å². The number of aromatic amines is 1. The summed E-state index contributed by atoms with van der Waals surface area (Å²) in [4.78, 5) is 24.5. The first-order valence-electron chi connectivity index (χ1n) is 11.4. The van der Waals surface area contributed by atoms with E-state index in [-0.39, 0.29) is 11.8 Å². The molecule has 1 aliphatic heterocycles. The molecule has 0 bridgehead atoms. The van der Waals surface area contributed by atoms with E-state index in [4.69, 9.17) is 14.7 Å². The quantitative estimate of drug-likeness (QED) is 0.384. The Hall–Kier alpha value is -3.98. The number of hydrogen-bond donors (Lipinski definition) is 3. The van der Waals surface area contributed by atoms with Crippen LogP contribution in [0.25, 0.3) is 22.3 Å². The second-order valence-corrected chi connectivity index (χ2v) is 8.44. The zero-order chi connectivity index (χ0) is 23.5. The number of carbonyl (C=O) groups excluding carboxylic acids is 1. The number of aromatic nitrogens is 4. The lowest BCUT2D eigenvalue weighted by Crippen LogP contribution is -2.25. The number of carbonyl (C=O) groups is 1. The van der Waals surface area contributed by atoms with Crippen molar-refractivity contribution in [2.45, 2.75) is 13.3 Å². The SMILES string of the molecule is CCOc1ccc2nc(-c3cccc(NC(=O)C4CCN(C)C4)c3)nc(Nc3cn[nH]c3)c2c1. The van der Waals surface area contributed by atoms with Crippen LogP contribution in [0.4, 0.5) is 17.2 Å². The summed E-state index contributed by atoms with van der Waals surface area (Å²) >= 11 is 0. The van der Waals surface area contributed by atoms with Crippen LogP contribution >= 0.6 is 0 Å². The van der Waals surface area contributed by atoms with Gasteiger partial charge in [0.1, 0.15) is 11.6 Å². The third-order valence-corrected chi connectivity index (χ3v) is 5.89. The highest BCUT2D eigenvalue weighted by atomic mass is 16.5. The standard InChI is InChI=1S/C25H27N7O2/c1-3-34-20-7-8-22-21(12-20)24(28-19-13-26-27-14-19)31-23(30-22)16-5-4-6-18(11-16)29-25(33)17-9-10-32(2)15-17/h4-8,11-14,17H,3,9-10,15H2,1-2H3,(H,26,27)(H,29,33)(H,28,30,31). The monoisotopic (exact) mass is 457 g/mol. The van der Waals surface area contributed by atoms with Crippen molar-refractivity contribution in [2.75, 3.05) is 37.4 Å². The number of hydrogen-bond acceptors (Lipinski definition) is 7. The predicted octanol–water partition coefficient (Wildman–Crippen LogP) is 4.05. The van der Waals surface area contributed by atoms with Crippen molar-refractivity contribution in [1.29, 1.82) is 0 Å². The number of H-pyrrole nitrogens is 1.